The van der Waals surface area contributed by atoms with Gasteiger partial charge in [-0.1, -0.05) is 0 Å². The van der Waals surface area contributed by atoms with Crippen molar-refractivity contribution >= 4 is 15.9 Å². The molecule has 1 saturated heterocycles. The highest BCUT2D eigenvalue weighted by Gasteiger charge is 2.33. The van der Waals surface area contributed by atoms with Crippen molar-refractivity contribution in [3.05, 3.63) is 26.3 Å². The van der Waals surface area contributed by atoms with E-state index in [1.165, 1.54) is 0 Å². The number of hydrogen-bond acceptors (Lipinski definition) is 4. The van der Waals surface area contributed by atoms with Crippen LogP contribution in [0.3, 0.4) is 0 Å². The van der Waals surface area contributed by atoms with E-state index in [1.807, 2.05) is 6.92 Å². The zero-order valence-electron chi connectivity index (χ0n) is 10.6. The first kappa shape index (κ1) is 13.7. The van der Waals surface area contributed by atoms with E-state index in [9.17, 15) is 4.79 Å². The largest absolute Gasteiger partial charge is 0.378 e. The third-order valence-corrected chi connectivity index (χ3v) is 4.00. The predicted octanol–water partition coefficient (Wildman–Crippen LogP) is 2.09. The van der Waals surface area contributed by atoms with Crippen LogP contribution in [-0.4, -0.2) is 23.7 Å². The van der Waals surface area contributed by atoms with E-state index in [0.717, 1.165) is 19.3 Å². The number of nitrogens with one attached hydrogen (secondary N) is 1. The quantitative estimate of drug-likeness (QED) is 0.927. The number of ether oxygens (including phenoxy) is 2. The van der Waals surface area contributed by atoms with Gasteiger partial charge in [-0.3, -0.25) is 4.79 Å². The first-order valence-electron chi connectivity index (χ1n) is 5.99. The molecule has 2 rings (SSSR count). The van der Waals surface area contributed by atoms with Crippen LogP contribution in [0.4, 0.5) is 0 Å². The molecule has 0 amide bonds. The number of hydrogen-bond donors (Lipinski definition) is 1. The molecule has 1 atom stereocenters. The van der Waals surface area contributed by atoms with Gasteiger partial charge in [-0.2, -0.15) is 0 Å². The summed E-state index contributed by atoms with van der Waals surface area (Å²) in [5, 5.41) is 0. The van der Waals surface area contributed by atoms with Crippen LogP contribution in [0.15, 0.2) is 9.27 Å². The number of methoxy groups -OCH3 is 1. The van der Waals surface area contributed by atoms with Crippen LogP contribution >= 0.6 is 15.9 Å². The summed E-state index contributed by atoms with van der Waals surface area (Å²) in [6.07, 6.45) is 3.00. The van der Waals surface area contributed by atoms with E-state index in [0.29, 0.717) is 29.2 Å². The van der Waals surface area contributed by atoms with Gasteiger partial charge in [0.1, 0.15) is 15.9 Å². The molecule has 1 aliphatic rings. The van der Waals surface area contributed by atoms with Crippen molar-refractivity contribution in [1.29, 1.82) is 0 Å². The summed E-state index contributed by atoms with van der Waals surface area (Å²) in [5.74, 6) is 0.586. The van der Waals surface area contributed by atoms with Gasteiger partial charge in [0.25, 0.3) is 5.56 Å². The van der Waals surface area contributed by atoms with Crippen molar-refractivity contribution in [2.24, 2.45) is 0 Å². The Labute approximate surface area is 114 Å². The van der Waals surface area contributed by atoms with Crippen molar-refractivity contribution in [1.82, 2.24) is 9.97 Å². The average Bonchev–Trinajstić information content (AvgIpc) is 2.36. The maximum atomic E-state index is 11.9. The summed E-state index contributed by atoms with van der Waals surface area (Å²) >= 11 is 3.23. The molecule has 1 fully saturated rings. The molecule has 0 aliphatic carbocycles. The van der Waals surface area contributed by atoms with Gasteiger partial charge in [0.05, 0.1) is 12.3 Å². The molecule has 1 N–H and O–H groups in total. The molecule has 1 unspecified atom stereocenters. The smallest absolute Gasteiger partial charge is 0.265 e. The highest BCUT2D eigenvalue weighted by atomic mass is 79.9. The van der Waals surface area contributed by atoms with Crippen molar-refractivity contribution in [3.8, 4) is 0 Å². The summed E-state index contributed by atoms with van der Waals surface area (Å²) in [6, 6.07) is 0. The lowest BCUT2D eigenvalue weighted by Crippen LogP contribution is -2.35. The number of nitrogens with zero attached hydrogens (tertiary/aromatic N) is 1. The number of aromatic nitrogens is 2. The Morgan fingerprint density at radius 1 is 1.56 bits per heavy atom. The Kier molecular flexibility index (Phi) is 4.19. The number of aromatic amines is 1. The molecule has 0 bridgehead atoms. The number of rotatable bonds is 3. The first-order chi connectivity index (χ1) is 8.57. The van der Waals surface area contributed by atoms with E-state index in [2.05, 4.69) is 25.9 Å². The molecule has 1 aliphatic heterocycles. The van der Waals surface area contributed by atoms with Gasteiger partial charge in [0.15, 0.2) is 0 Å². The van der Waals surface area contributed by atoms with Crippen molar-refractivity contribution in [2.75, 3.05) is 13.7 Å². The molecule has 5 nitrogen and oxygen atoms in total. The Morgan fingerprint density at radius 2 is 2.33 bits per heavy atom. The highest BCUT2D eigenvalue weighted by molar-refractivity contribution is 9.10. The number of halogens is 1. The normalized spacial score (nSPS) is 24.2. The zero-order chi connectivity index (χ0) is 13.2. The minimum atomic E-state index is -0.499. The van der Waals surface area contributed by atoms with Crippen LogP contribution in [0.5, 0.6) is 0 Å². The van der Waals surface area contributed by atoms with Gasteiger partial charge in [0.2, 0.25) is 0 Å². The van der Waals surface area contributed by atoms with Crippen molar-refractivity contribution < 1.29 is 9.47 Å². The first-order valence-corrected chi connectivity index (χ1v) is 6.78. The van der Waals surface area contributed by atoms with E-state index < -0.39 is 5.60 Å². The Bertz CT molecular complexity index is 481. The minimum Gasteiger partial charge on any atom is -0.378 e. The number of H-pyrrole nitrogens is 1. The Hall–Kier alpha value is -0.720. The zero-order valence-corrected chi connectivity index (χ0v) is 12.2. The van der Waals surface area contributed by atoms with Crippen molar-refractivity contribution in [2.45, 2.75) is 38.4 Å². The summed E-state index contributed by atoms with van der Waals surface area (Å²) in [4.78, 5) is 19.1. The third kappa shape index (κ3) is 2.65. The topological polar surface area (TPSA) is 64.2 Å². The molecule has 1 aromatic rings. The molecule has 18 heavy (non-hydrogen) atoms. The second kappa shape index (κ2) is 5.50. The lowest BCUT2D eigenvalue weighted by atomic mass is 9.95. The molecular formula is C12H17BrN2O3. The van der Waals surface area contributed by atoms with Gasteiger partial charge in [-0.25, -0.2) is 4.98 Å². The Balaban J connectivity index is 2.41. The Morgan fingerprint density at radius 3 is 2.94 bits per heavy atom. The van der Waals surface area contributed by atoms with E-state index in [1.54, 1.807) is 7.11 Å². The third-order valence-electron chi connectivity index (χ3n) is 3.18. The SMILES string of the molecule is COCc1nc(C2(C)CCCCO2)[nH]c(=O)c1Br. The van der Waals surface area contributed by atoms with Gasteiger partial charge in [-0.05, 0) is 42.1 Å². The highest BCUT2D eigenvalue weighted by Crippen LogP contribution is 2.32. The summed E-state index contributed by atoms with van der Waals surface area (Å²) < 4.78 is 11.3. The van der Waals surface area contributed by atoms with Gasteiger partial charge in [0, 0.05) is 13.7 Å². The van der Waals surface area contributed by atoms with Crippen LogP contribution in [0.1, 0.15) is 37.7 Å². The molecule has 0 spiro atoms. The molecule has 100 valence electrons. The molecular weight excluding hydrogens is 300 g/mol. The molecule has 0 aromatic carbocycles. The predicted molar refractivity (Wildman–Crippen MR) is 70.4 cm³/mol. The fourth-order valence-corrected chi connectivity index (χ4v) is 2.41. The van der Waals surface area contributed by atoms with Crippen LogP contribution in [0.25, 0.3) is 0 Å². The van der Waals surface area contributed by atoms with Crippen LogP contribution in [0, 0.1) is 0 Å². The second-order valence-corrected chi connectivity index (χ2v) is 5.44. The monoisotopic (exact) mass is 316 g/mol. The summed E-state index contributed by atoms with van der Waals surface area (Å²) in [6.45, 7) is 2.97. The fraction of sp³-hybridized carbons (Fsp3) is 0.667. The van der Waals surface area contributed by atoms with Gasteiger partial charge < -0.3 is 14.5 Å². The molecule has 1 aromatic heterocycles. The minimum absolute atomic E-state index is 0.192. The fourth-order valence-electron chi connectivity index (χ4n) is 2.11. The maximum Gasteiger partial charge on any atom is 0.265 e. The van der Waals surface area contributed by atoms with Gasteiger partial charge >= 0.3 is 0 Å². The molecule has 0 radical (unpaired) electrons. The lowest BCUT2D eigenvalue weighted by molar-refractivity contribution is -0.0764. The maximum absolute atomic E-state index is 11.9. The lowest BCUT2D eigenvalue weighted by Gasteiger charge is -2.32. The van der Waals surface area contributed by atoms with Crippen molar-refractivity contribution in [3.63, 3.8) is 0 Å². The van der Waals surface area contributed by atoms with Crippen LogP contribution in [-0.2, 0) is 21.7 Å². The van der Waals surface area contributed by atoms with E-state index >= 15 is 0 Å². The second-order valence-electron chi connectivity index (χ2n) is 4.64. The summed E-state index contributed by atoms with van der Waals surface area (Å²) in [7, 11) is 1.58. The van der Waals surface area contributed by atoms with E-state index in [-0.39, 0.29) is 5.56 Å². The van der Waals surface area contributed by atoms with Crippen LogP contribution in [0.2, 0.25) is 0 Å². The van der Waals surface area contributed by atoms with E-state index in [4.69, 9.17) is 9.47 Å². The summed E-state index contributed by atoms with van der Waals surface area (Å²) in [5.41, 5.74) is -0.0882. The standard InChI is InChI=1S/C12H17BrN2O3/c1-12(5-3-4-6-18-12)11-14-8(7-17-2)9(13)10(16)15-11/h3-7H2,1-2H3,(H,14,15,16). The molecule has 2 heterocycles. The van der Waals surface area contributed by atoms with Gasteiger partial charge in [-0.15, -0.1) is 0 Å². The molecule has 6 heteroatoms. The average molecular weight is 317 g/mol. The molecule has 0 saturated carbocycles. The van der Waals surface area contributed by atoms with Crippen LogP contribution < -0.4 is 5.56 Å².